The third-order valence-corrected chi connectivity index (χ3v) is 6.42. The molecule has 0 radical (unpaired) electrons. The Morgan fingerprint density at radius 1 is 1.06 bits per heavy atom. The number of benzene rings is 1. The average molecular weight is 494 g/mol. The summed E-state index contributed by atoms with van der Waals surface area (Å²) in [5.41, 5.74) is 0.689. The van der Waals surface area contributed by atoms with Gasteiger partial charge in [0.25, 0.3) is 0 Å². The summed E-state index contributed by atoms with van der Waals surface area (Å²) in [6.07, 6.45) is 4.58. The molecule has 3 rings (SSSR count). The van der Waals surface area contributed by atoms with Gasteiger partial charge in [0.15, 0.2) is 21.0 Å². The molecule has 0 fully saturated rings. The van der Waals surface area contributed by atoms with E-state index >= 15 is 0 Å². The molecule has 0 saturated heterocycles. The minimum atomic E-state index is -0.382. The van der Waals surface area contributed by atoms with Gasteiger partial charge in [-0.15, -0.1) is 21.5 Å². The van der Waals surface area contributed by atoms with Crippen molar-refractivity contribution in [1.82, 2.24) is 15.2 Å². The first-order chi connectivity index (χ1) is 15.5. The standard InChI is InChI=1S/C19H19N5O5S3/c1-27-12-8-11(9-13(28-2)16(12)29-3)4-5-14(25)21-18-23-24-19(32-18)31-10-15(26)22-17-20-6-7-30-17/h4-9H,10H2,1-3H3,(H,20,22,26)(H,21,23,25). The molecule has 13 heteroatoms. The number of nitrogens with zero attached hydrogens (tertiary/aromatic N) is 3. The molecule has 0 spiro atoms. The molecule has 32 heavy (non-hydrogen) atoms. The van der Waals surface area contributed by atoms with Gasteiger partial charge in [0.1, 0.15) is 0 Å². The summed E-state index contributed by atoms with van der Waals surface area (Å²) in [5.74, 6) is 1.01. The maximum atomic E-state index is 12.2. The largest absolute Gasteiger partial charge is 0.493 e. The monoisotopic (exact) mass is 493 g/mol. The number of ether oxygens (including phenoxy) is 3. The number of methoxy groups -OCH3 is 3. The molecule has 0 unspecified atom stereocenters. The van der Waals surface area contributed by atoms with Crippen molar-refractivity contribution in [3.8, 4) is 17.2 Å². The van der Waals surface area contributed by atoms with E-state index in [9.17, 15) is 9.59 Å². The smallest absolute Gasteiger partial charge is 0.250 e. The summed E-state index contributed by atoms with van der Waals surface area (Å²) in [4.78, 5) is 28.1. The summed E-state index contributed by atoms with van der Waals surface area (Å²) < 4.78 is 16.4. The van der Waals surface area contributed by atoms with E-state index in [1.165, 1.54) is 61.8 Å². The number of anilines is 2. The predicted octanol–water partition coefficient (Wildman–Crippen LogP) is 3.40. The van der Waals surface area contributed by atoms with Gasteiger partial charge in [-0.2, -0.15) is 0 Å². The molecule has 2 aromatic heterocycles. The van der Waals surface area contributed by atoms with Crippen LogP contribution in [0.15, 0.2) is 34.1 Å². The second-order valence-corrected chi connectivity index (χ2v) is 8.92. The van der Waals surface area contributed by atoms with Crippen LogP contribution >= 0.6 is 34.4 Å². The zero-order valence-corrected chi connectivity index (χ0v) is 19.7. The summed E-state index contributed by atoms with van der Waals surface area (Å²) in [7, 11) is 4.56. The highest BCUT2D eigenvalue weighted by atomic mass is 32.2. The van der Waals surface area contributed by atoms with Crippen LogP contribution in [0.1, 0.15) is 5.56 Å². The van der Waals surface area contributed by atoms with Gasteiger partial charge in [0, 0.05) is 17.7 Å². The second-order valence-electron chi connectivity index (χ2n) is 5.83. The van der Waals surface area contributed by atoms with Crippen LogP contribution in [0.2, 0.25) is 0 Å². The first-order valence-electron chi connectivity index (χ1n) is 8.97. The van der Waals surface area contributed by atoms with Gasteiger partial charge in [0.2, 0.25) is 22.7 Å². The van der Waals surface area contributed by atoms with Crippen LogP contribution in [0, 0.1) is 0 Å². The lowest BCUT2D eigenvalue weighted by Crippen LogP contribution is -2.13. The van der Waals surface area contributed by atoms with Crippen molar-refractivity contribution in [2.24, 2.45) is 0 Å². The van der Waals surface area contributed by atoms with Crippen molar-refractivity contribution in [2.75, 3.05) is 37.7 Å². The number of thioether (sulfide) groups is 1. The maximum Gasteiger partial charge on any atom is 0.250 e. The van der Waals surface area contributed by atoms with E-state index in [4.69, 9.17) is 14.2 Å². The molecule has 0 saturated carbocycles. The van der Waals surface area contributed by atoms with E-state index < -0.39 is 0 Å². The van der Waals surface area contributed by atoms with E-state index in [1.807, 2.05) is 0 Å². The third-order valence-electron chi connectivity index (χ3n) is 3.76. The number of carbonyl (C=O) groups excluding carboxylic acids is 2. The van der Waals surface area contributed by atoms with Crippen LogP contribution in [0.4, 0.5) is 10.3 Å². The summed E-state index contributed by atoms with van der Waals surface area (Å²) in [6, 6.07) is 3.45. The Kier molecular flexibility index (Phi) is 8.41. The lowest BCUT2D eigenvalue weighted by molar-refractivity contribution is -0.114. The first-order valence-corrected chi connectivity index (χ1v) is 11.6. The van der Waals surface area contributed by atoms with Crippen LogP contribution in [-0.4, -0.2) is 54.1 Å². The highest BCUT2D eigenvalue weighted by Crippen LogP contribution is 2.38. The molecule has 0 bridgehead atoms. The second kappa shape index (κ2) is 11.5. The molecular weight excluding hydrogens is 474 g/mol. The van der Waals surface area contributed by atoms with Crippen molar-refractivity contribution in [1.29, 1.82) is 0 Å². The molecule has 0 aliphatic carbocycles. The number of nitrogens with one attached hydrogen (secondary N) is 2. The van der Waals surface area contributed by atoms with E-state index in [0.717, 1.165) is 0 Å². The molecule has 1 aromatic carbocycles. The number of amides is 2. The Morgan fingerprint density at radius 2 is 1.81 bits per heavy atom. The number of aromatic nitrogens is 3. The zero-order valence-electron chi connectivity index (χ0n) is 17.3. The van der Waals surface area contributed by atoms with Crippen LogP contribution in [0.25, 0.3) is 6.08 Å². The van der Waals surface area contributed by atoms with Crippen molar-refractivity contribution in [2.45, 2.75) is 4.34 Å². The van der Waals surface area contributed by atoms with Crippen molar-refractivity contribution >= 4 is 62.6 Å². The molecule has 2 amide bonds. The van der Waals surface area contributed by atoms with Crippen molar-refractivity contribution < 1.29 is 23.8 Å². The Morgan fingerprint density at radius 3 is 2.44 bits per heavy atom. The first kappa shape index (κ1) is 23.5. The Hall–Kier alpha value is -3.16. The van der Waals surface area contributed by atoms with Gasteiger partial charge < -0.3 is 19.5 Å². The minimum absolute atomic E-state index is 0.156. The molecule has 2 heterocycles. The molecule has 0 aliphatic rings. The summed E-state index contributed by atoms with van der Waals surface area (Å²) in [5, 5.41) is 15.9. The summed E-state index contributed by atoms with van der Waals surface area (Å²) in [6.45, 7) is 0. The zero-order chi connectivity index (χ0) is 22.9. The SMILES string of the molecule is COc1cc(C=CC(=O)Nc2nnc(SCC(=O)Nc3nccs3)s2)cc(OC)c1OC. The molecule has 168 valence electrons. The topological polar surface area (TPSA) is 125 Å². The highest BCUT2D eigenvalue weighted by molar-refractivity contribution is 8.01. The normalized spacial score (nSPS) is 10.7. The molecular formula is C19H19N5O5S3. The Bertz CT molecular complexity index is 1080. The van der Waals surface area contributed by atoms with E-state index in [2.05, 4.69) is 25.8 Å². The lowest BCUT2D eigenvalue weighted by atomic mass is 10.1. The number of thiazole rings is 1. The van der Waals surface area contributed by atoms with E-state index in [-0.39, 0.29) is 17.6 Å². The predicted molar refractivity (Wildman–Crippen MR) is 125 cm³/mol. The van der Waals surface area contributed by atoms with Crippen molar-refractivity contribution in [3.05, 3.63) is 35.3 Å². The third kappa shape index (κ3) is 6.42. The fourth-order valence-corrected chi connectivity index (χ4v) is 4.50. The van der Waals surface area contributed by atoms with Crippen LogP contribution in [0.3, 0.4) is 0 Å². The molecule has 2 N–H and O–H groups in total. The van der Waals surface area contributed by atoms with Gasteiger partial charge >= 0.3 is 0 Å². The number of hydrogen-bond acceptors (Lipinski definition) is 11. The average Bonchev–Trinajstić information content (AvgIpc) is 3.47. The van der Waals surface area contributed by atoms with Gasteiger partial charge in [-0.05, 0) is 23.8 Å². The fraction of sp³-hybridized carbons (Fsp3) is 0.211. The van der Waals surface area contributed by atoms with Crippen LogP contribution in [0.5, 0.6) is 17.2 Å². The molecule has 0 atom stereocenters. The van der Waals surface area contributed by atoms with Crippen LogP contribution in [-0.2, 0) is 9.59 Å². The number of carbonyl (C=O) groups is 2. The van der Waals surface area contributed by atoms with E-state index in [1.54, 1.807) is 29.8 Å². The van der Waals surface area contributed by atoms with Gasteiger partial charge in [-0.1, -0.05) is 23.1 Å². The van der Waals surface area contributed by atoms with E-state index in [0.29, 0.717) is 37.4 Å². The highest BCUT2D eigenvalue weighted by Gasteiger charge is 2.13. The Labute approximate surface area is 196 Å². The number of rotatable bonds is 10. The molecule has 0 aliphatic heterocycles. The molecule has 3 aromatic rings. The van der Waals surface area contributed by atoms with Gasteiger partial charge in [0.05, 0.1) is 27.1 Å². The van der Waals surface area contributed by atoms with Gasteiger partial charge in [-0.3, -0.25) is 14.9 Å². The van der Waals surface area contributed by atoms with Crippen molar-refractivity contribution in [3.63, 3.8) is 0 Å². The van der Waals surface area contributed by atoms with Gasteiger partial charge in [-0.25, -0.2) is 4.98 Å². The minimum Gasteiger partial charge on any atom is -0.493 e. The lowest BCUT2D eigenvalue weighted by Gasteiger charge is -2.12. The summed E-state index contributed by atoms with van der Waals surface area (Å²) >= 11 is 3.74. The Balaban J connectivity index is 1.55. The molecule has 10 nitrogen and oxygen atoms in total. The number of hydrogen-bond donors (Lipinski definition) is 2. The maximum absolute atomic E-state index is 12.2. The quantitative estimate of drug-likeness (QED) is 0.248. The fourth-order valence-electron chi connectivity index (χ4n) is 2.40. The van der Waals surface area contributed by atoms with Crippen LogP contribution < -0.4 is 24.8 Å².